The highest BCUT2D eigenvalue weighted by atomic mass is 16.5. The molecule has 1 aliphatic rings. The Bertz CT molecular complexity index is 755. The van der Waals surface area contributed by atoms with Gasteiger partial charge in [0.15, 0.2) is 5.78 Å². The number of benzene rings is 2. The van der Waals surface area contributed by atoms with Gasteiger partial charge in [-0.1, -0.05) is 18.6 Å². The summed E-state index contributed by atoms with van der Waals surface area (Å²) in [7, 11) is 0. The summed E-state index contributed by atoms with van der Waals surface area (Å²) in [6.45, 7) is 4.13. The van der Waals surface area contributed by atoms with Gasteiger partial charge in [-0.15, -0.1) is 0 Å². The Labute approximate surface area is 154 Å². The van der Waals surface area contributed by atoms with Crippen LogP contribution in [0.3, 0.4) is 0 Å². The van der Waals surface area contributed by atoms with E-state index in [0.717, 1.165) is 18.7 Å². The first kappa shape index (κ1) is 18.3. The fourth-order valence-corrected chi connectivity index (χ4v) is 3.27. The van der Waals surface area contributed by atoms with Crippen LogP contribution in [0.2, 0.25) is 0 Å². The van der Waals surface area contributed by atoms with Crippen molar-refractivity contribution in [2.75, 3.05) is 37.7 Å². The Hall–Kier alpha value is -2.53. The number of ketones is 1. The molecule has 2 aromatic carbocycles. The third-order valence-corrected chi connectivity index (χ3v) is 4.78. The third kappa shape index (κ3) is 4.76. The number of likely N-dealkylation sites (tertiary alicyclic amines) is 1. The van der Waals surface area contributed by atoms with E-state index in [0.29, 0.717) is 29.1 Å². The van der Waals surface area contributed by atoms with Gasteiger partial charge in [0.2, 0.25) is 0 Å². The number of anilines is 2. The lowest BCUT2D eigenvalue weighted by molar-refractivity contribution is 0.103. The molecule has 3 rings (SSSR count). The van der Waals surface area contributed by atoms with Crippen LogP contribution in [0.1, 0.15) is 41.6 Å². The molecule has 0 spiro atoms. The number of nitrogens with zero attached hydrogens (tertiary/aromatic N) is 1. The predicted molar refractivity (Wildman–Crippen MR) is 106 cm³/mol. The minimum Gasteiger partial charge on any atom is -0.494 e. The fraction of sp³-hybridized carbons (Fsp3) is 0.381. The summed E-state index contributed by atoms with van der Waals surface area (Å²) < 4.78 is 5.84. The summed E-state index contributed by atoms with van der Waals surface area (Å²) >= 11 is 0. The average Bonchev–Trinajstić information content (AvgIpc) is 2.68. The summed E-state index contributed by atoms with van der Waals surface area (Å²) in [6.07, 6.45) is 4.96. The number of nitrogen functional groups attached to an aromatic ring is 2. The Balaban J connectivity index is 1.55. The van der Waals surface area contributed by atoms with Crippen LogP contribution < -0.4 is 16.2 Å². The van der Waals surface area contributed by atoms with Crippen molar-refractivity contribution < 1.29 is 9.53 Å². The molecule has 26 heavy (non-hydrogen) atoms. The number of nitrogens with two attached hydrogens (primary N) is 2. The minimum absolute atomic E-state index is 0.0875. The quantitative estimate of drug-likeness (QED) is 0.453. The van der Waals surface area contributed by atoms with E-state index in [1.54, 1.807) is 30.3 Å². The second-order valence-electron chi connectivity index (χ2n) is 6.80. The summed E-state index contributed by atoms with van der Waals surface area (Å²) in [6, 6.07) is 12.3. The first-order valence-corrected chi connectivity index (χ1v) is 9.28. The molecular weight excluding hydrogens is 326 g/mol. The van der Waals surface area contributed by atoms with Crippen LogP contribution in [-0.2, 0) is 0 Å². The zero-order chi connectivity index (χ0) is 18.4. The molecule has 0 radical (unpaired) electrons. The Morgan fingerprint density at radius 3 is 2.50 bits per heavy atom. The maximum absolute atomic E-state index is 12.6. The molecule has 1 saturated heterocycles. The molecule has 0 aromatic heterocycles. The Morgan fingerprint density at radius 2 is 1.73 bits per heavy atom. The molecule has 2 aromatic rings. The highest BCUT2D eigenvalue weighted by molar-refractivity contribution is 6.10. The molecule has 1 fully saturated rings. The largest absolute Gasteiger partial charge is 0.494 e. The number of ether oxygens (including phenoxy) is 1. The van der Waals surface area contributed by atoms with Crippen LogP contribution in [0.25, 0.3) is 0 Å². The fourth-order valence-electron chi connectivity index (χ4n) is 3.27. The highest BCUT2D eigenvalue weighted by Crippen LogP contribution is 2.21. The van der Waals surface area contributed by atoms with Crippen LogP contribution >= 0.6 is 0 Å². The van der Waals surface area contributed by atoms with Crippen molar-refractivity contribution >= 4 is 17.2 Å². The molecule has 5 nitrogen and oxygen atoms in total. The summed E-state index contributed by atoms with van der Waals surface area (Å²) in [5, 5.41) is 0. The summed E-state index contributed by atoms with van der Waals surface area (Å²) in [5.74, 6) is 0.633. The van der Waals surface area contributed by atoms with E-state index in [4.69, 9.17) is 16.2 Å². The molecule has 0 amide bonds. The van der Waals surface area contributed by atoms with Gasteiger partial charge in [0, 0.05) is 17.7 Å². The van der Waals surface area contributed by atoms with Crippen molar-refractivity contribution in [2.24, 2.45) is 0 Å². The number of hydrogen-bond donors (Lipinski definition) is 2. The normalized spacial score (nSPS) is 14.9. The molecule has 5 heteroatoms. The number of carbonyl (C=O) groups excluding carboxylic acids is 1. The summed E-state index contributed by atoms with van der Waals surface area (Å²) in [5.41, 5.74) is 13.5. The van der Waals surface area contributed by atoms with Gasteiger partial charge in [0.25, 0.3) is 0 Å². The highest BCUT2D eigenvalue weighted by Gasteiger charge is 2.12. The molecule has 0 aliphatic carbocycles. The van der Waals surface area contributed by atoms with Gasteiger partial charge in [-0.2, -0.15) is 0 Å². The van der Waals surface area contributed by atoms with Crippen molar-refractivity contribution in [1.82, 2.24) is 4.90 Å². The van der Waals surface area contributed by atoms with E-state index >= 15 is 0 Å². The van der Waals surface area contributed by atoms with Gasteiger partial charge >= 0.3 is 0 Å². The van der Waals surface area contributed by atoms with E-state index < -0.39 is 0 Å². The number of carbonyl (C=O) groups is 1. The van der Waals surface area contributed by atoms with Gasteiger partial charge in [-0.25, -0.2) is 0 Å². The molecule has 0 saturated carbocycles. The van der Waals surface area contributed by atoms with Crippen LogP contribution in [0.5, 0.6) is 5.75 Å². The lowest BCUT2D eigenvalue weighted by Crippen LogP contribution is -2.31. The van der Waals surface area contributed by atoms with Crippen molar-refractivity contribution in [1.29, 1.82) is 0 Å². The second kappa shape index (κ2) is 8.72. The van der Waals surface area contributed by atoms with Crippen LogP contribution in [-0.4, -0.2) is 36.9 Å². The predicted octanol–water partition coefficient (Wildman–Crippen LogP) is 3.34. The van der Waals surface area contributed by atoms with Gasteiger partial charge in [0.1, 0.15) is 5.75 Å². The molecule has 1 heterocycles. The third-order valence-electron chi connectivity index (χ3n) is 4.78. The topological polar surface area (TPSA) is 81.6 Å². The van der Waals surface area contributed by atoms with Gasteiger partial charge in [-0.3, -0.25) is 4.79 Å². The zero-order valence-electron chi connectivity index (χ0n) is 15.1. The van der Waals surface area contributed by atoms with Gasteiger partial charge in [0.05, 0.1) is 18.0 Å². The lowest BCUT2D eigenvalue weighted by Gasteiger charge is -2.26. The first-order chi connectivity index (χ1) is 12.6. The first-order valence-electron chi connectivity index (χ1n) is 9.28. The van der Waals surface area contributed by atoms with E-state index in [9.17, 15) is 4.79 Å². The Kier molecular flexibility index (Phi) is 6.12. The van der Waals surface area contributed by atoms with Crippen LogP contribution in [0, 0.1) is 0 Å². The van der Waals surface area contributed by atoms with Crippen molar-refractivity contribution in [3.05, 3.63) is 53.6 Å². The maximum Gasteiger partial charge on any atom is 0.193 e. The van der Waals surface area contributed by atoms with E-state index in [-0.39, 0.29) is 5.78 Å². The van der Waals surface area contributed by atoms with Crippen molar-refractivity contribution in [3.63, 3.8) is 0 Å². The minimum atomic E-state index is -0.0875. The van der Waals surface area contributed by atoms with E-state index in [1.807, 2.05) is 12.1 Å². The molecule has 0 bridgehead atoms. The number of rotatable bonds is 7. The van der Waals surface area contributed by atoms with Crippen LogP contribution in [0.15, 0.2) is 42.5 Å². The lowest BCUT2D eigenvalue weighted by atomic mass is 10.0. The second-order valence-corrected chi connectivity index (χ2v) is 6.80. The molecule has 0 unspecified atom stereocenters. The number of hydrogen-bond acceptors (Lipinski definition) is 5. The van der Waals surface area contributed by atoms with E-state index in [1.165, 1.54) is 32.4 Å². The SMILES string of the molecule is Nc1ccc(C(=O)c2cccc(OCCCN3CCCCC3)c2)cc1N. The molecule has 138 valence electrons. The smallest absolute Gasteiger partial charge is 0.193 e. The zero-order valence-corrected chi connectivity index (χ0v) is 15.1. The van der Waals surface area contributed by atoms with Crippen LogP contribution in [0.4, 0.5) is 11.4 Å². The molecular formula is C21H27N3O2. The summed E-state index contributed by atoms with van der Waals surface area (Å²) in [4.78, 5) is 15.1. The van der Waals surface area contributed by atoms with E-state index in [2.05, 4.69) is 4.90 Å². The molecule has 4 N–H and O–H groups in total. The van der Waals surface area contributed by atoms with Gasteiger partial charge in [-0.05, 0) is 62.7 Å². The standard InChI is InChI=1S/C21H27N3O2/c22-19-9-8-17(15-20(19)23)21(25)16-6-4-7-18(14-16)26-13-5-12-24-10-2-1-3-11-24/h4,6-9,14-15H,1-3,5,10-13,22-23H2. The molecule has 1 aliphatic heterocycles. The monoisotopic (exact) mass is 353 g/mol. The maximum atomic E-state index is 12.6. The average molecular weight is 353 g/mol. The van der Waals surface area contributed by atoms with Crippen molar-refractivity contribution in [3.8, 4) is 5.75 Å². The number of piperidine rings is 1. The van der Waals surface area contributed by atoms with Gasteiger partial charge < -0.3 is 21.1 Å². The Morgan fingerprint density at radius 1 is 0.962 bits per heavy atom. The van der Waals surface area contributed by atoms with Crippen molar-refractivity contribution in [2.45, 2.75) is 25.7 Å². The molecule has 0 atom stereocenters.